The molecule has 4 atom stereocenters. The van der Waals surface area contributed by atoms with Crippen molar-refractivity contribution in [2.75, 3.05) is 27.2 Å². The summed E-state index contributed by atoms with van der Waals surface area (Å²) in [5, 5.41) is 45.1. The van der Waals surface area contributed by atoms with Gasteiger partial charge in [0, 0.05) is 35.7 Å². The highest BCUT2D eigenvalue weighted by atomic mass is 19.1. The molecule has 4 aliphatic rings. The number of fused-ring (bicyclic) bond motifs is 3. The zero-order valence-corrected chi connectivity index (χ0v) is 25.2. The highest BCUT2D eigenvalue weighted by Crippen LogP contribution is 2.53. The molecule has 4 aliphatic carbocycles. The highest BCUT2D eigenvalue weighted by Gasteiger charge is 2.64. The number of aliphatic hydroxyl groups is 3. The molecule has 2 saturated carbocycles. The predicted octanol–water partition coefficient (Wildman–Crippen LogP) is 2.90. The number of aliphatic hydroxyl groups excluding tert-OH is 2. The topological polar surface area (TPSA) is 165 Å². The summed E-state index contributed by atoms with van der Waals surface area (Å²) in [6, 6.07) is 0.0873. The smallest absolute Gasteiger partial charge is 0.255 e. The minimum atomic E-state index is -2.73. The molecule has 0 bridgehead atoms. The van der Waals surface area contributed by atoms with Gasteiger partial charge in [-0.25, -0.2) is 4.39 Å². The van der Waals surface area contributed by atoms with Gasteiger partial charge in [-0.15, -0.1) is 0 Å². The van der Waals surface area contributed by atoms with Crippen molar-refractivity contribution in [1.29, 1.82) is 0 Å². The lowest BCUT2D eigenvalue weighted by Gasteiger charge is -2.50. The molecule has 2 fully saturated rings. The monoisotopic (exact) mass is 599 g/mol. The minimum Gasteiger partial charge on any atom is -0.508 e. The number of hydrogen-bond acceptors (Lipinski definition) is 9. The minimum absolute atomic E-state index is 0.0610. The Kier molecular flexibility index (Phi) is 7.98. The Bertz CT molecular complexity index is 1440. The number of phenolic OH excluding ortho intramolecular Hbond substituents is 1. The number of ketones is 2. The van der Waals surface area contributed by atoms with Crippen LogP contribution in [-0.4, -0.2) is 86.5 Å². The lowest BCUT2D eigenvalue weighted by molar-refractivity contribution is -0.153. The molecule has 11 heteroatoms. The van der Waals surface area contributed by atoms with Crippen LogP contribution in [0.2, 0.25) is 0 Å². The van der Waals surface area contributed by atoms with E-state index in [0.29, 0.717) is 0 Å². The van der Waals surface area contributed by atoms with E-state index in [2.05, 4.69) is 18.7 Å². The second-order valence-corrected chi connectivity index (χ2v) is 13.1. The van der Waals surface area contributed by atoms with Crippen LogP contribution in [0.1, 0.15) is 69.1 Å². The molecule has 0 heterocycles. The largest absolute Gasteiger partial charge is 0.508 e. The standard InChI is InChI=1S/C32H42FN3O7/c1-5-10-36(15-31(6-2)8-7-9-31)14-17-13-20(37)22-18(24(17)33)11-16-12-19-25(35(3)4)27(39)23(30(34)42)29(41)32(19,43)28(40)21(16)26(22)38/h13,16,19,25,37-38,41,43H,5-12,14-15H2,1-4H3,(H2,34,42)/t16-,19-,25-,32-/m0/s1. The third-order valence-electron chi connectivity index (χ3n) is 10.4. The fourth-order valence-corrected chi connectivity index (χ4v) is 8.01. The van der Waals surface area contributed by atoms with Crippen molar-refractivity contribution in [3.05, 3.63) is 45.5 Å². The SMILES string of the molecule is CCCN(Cc1cc(O)c2c(c1F)C[C@H]1C[C@H]3[C@H](N(C)C)C(=O)C(C(N)=O)=C(O)[C@@]3(O)C(=O)C1=C2O)CC1(CC)CCC1. The number of benzene rings is 1. The maximum atomic E-state index is 16.3. The highest BCUT2D eigenvalue weighted by molar-refractivity contribution is 6.24. The summed E-state index contributed by atoms with van der Waals surface area (Å²) in [6.07, 6.45) is 5.21. The number of carbonyl (C=O) groups is 3. The maximum absolute atomic E-state index is 16.3. The molecule has 6 N–H and O–H groups in total. The van der Waals surface area contributed by atoms with E-state index >= 15 is 4.39 Å². The Morgan fingerprint density at radius 1 is 1.16 bits per heavy atom. The van der Waals surface area contributed by atoms with Crippen LogP contribution in [0.5, 0.6) is 5.75 Å². The summed E-state index contributed by atoms with van der Waals surface area (Å²) in [7, 11) is 3.07. The van der Waals surface area contributed by atoms with E-state index in [1.165, 1.54) is 31.5 Å². The summed E-state index contributed by atoms with van der Waals surface area (Å²) in [5.41, 5.74) is 1.80. The predicted molar refractivity (Wildman–Crippen MR) is 156 cm³/mol. The fraction of sp³-hybridized carbons (Fsp3) is 0.594. The average molecular weight is 600 g/mol. The first-order valence-corrected chi connectivity index (χ1v) is 15.1. The van der Waals surface area contributed by atoms with E-state index in [1.807, 2.05) is 0 Å². The number of Topliss-reactive ketones (excluding diaryl/α,β-unsaturated/α-hetero) is 2. The van der Waals surface area contributed by atoms with Gasteiger partial charge < -0.3 is 26.2 Å². The van der Waals surface area contributed by atoms with Crippen molar-refractivity contribution >= 4 is 23.2 Å². The Morgan fingerprint density at radius 3 is 2.37 bits per heavy atom. The number of carbonyl (C=O) groups excluding carboxylic acids is 3. The molecule has 0 radical (unpaired) electrons. The summed E-state index contributed by atoms with van der Waals surface area (Å²) >= 11 is 0. The van der Waals surface area contributed by atoms with E-state index in [9.17, 15) is 34.8 Å². The normalized spacial score (nSPS) is 28.1. The number of halogens is 1. The van der Waals surface area contributed by atoms with Crippen LogP contribution in [0, 0.1) is 23.1 Å². The van der Waals surface area contributed by atoms with Crippen LogP contribution >= 0.6 is 0 Å². The number of primary amides is 1. The number of rotatable bonds is 9. The Balaban J connectivity index is 1.58. The van der Waals surface area contributed by atoms with Gasteiger partial charge in [0.25, 0.3) is 5.91 Å². The van der Waals surface area contributed by atoms with Crippen molar-refractivity contribution in [3.63, 3.8) is 0 Å². The van der Waals surface area contributed by atoms with Gasteiger partial charge in [-0.1, -0.05) is 20.3 Å². The molecule has 0 spiro atoms. The molecule has 1 aromatic rings. The van der Waals surface area contributed by atoms with Gasteiger partial charge in [-0.05, 0) is 76.6 Å². The molecule has 1 amide bonds. The first-order chi connectivity index (χ1) is 20.2. The van der Waals surface area contributed by atoms with Crippen molar-refractivity contribution in [3.8, 4) is 5.75 Å². The zero-order valence-electron chi connectivity index (χ0n) is 25.2. The summed E-state index contributed by atoms with van der Waals surface area (Å²) in [5.74, 6) is -8.09. The van der Waals surface area contributed by atoms with Crippen molar-refractivity contribution in [2.24, 2.45) is 23.0 Å². The average Bonchev–Trinajstić information content (AvgIpc) is 2.90. The van der Waals surface area contributed by atoms with Crippen molar-refractivity contribution in [2.45, 2.75) is 77.0 Å². The summed E-state index contributed by atoms with van der Waals surface area (Å²) in [6.45, 7) is 6.10. The van der Waals surface area contributed by atoms with E-state index in [-0.39, 0.29) is 47.1 Å². The van der Waals surface area contributed by atoms with E-state index in [1.54, 1.807) is 0 Å². The first-order valence-electron chi connectivity index (χ1n) is 15.1. The summed E-state index contributed by atoms with van der Waals surface area (Å²) in [4.78, 5) is 43.0. The molecule has 10 nitrogen and oxygen atoms in total. The van der Waals surface area contributed by atoms with Gasteiger partial charge in [0.15, 0.2) is 11.4 Å². The van der Waals surface area contributed by atoms with Gasteiger partial charge in [0.2, 0.25) is 5.78 Å². The maximum Gasteiger partial charge on any atom is 0.255 e. The lowest BCUT2D eigenvalue weighted by atomic mass is 9.57. The van der Waals surface area contributed by atoms with Gasteiger partial charge in [-0.2, -0.15) is 0 Å². The van der Waals surface area contributed by atoms with Crippen LogP contribution < -0.4 is 5.73 Å². The van der Waals surface area contributed by atoms with E-state index in [0.717, 1.165) is 38.8 Å². The second kappa shape index (κ2) is 11.0. The summed E-state index contributed by atoms with van der Waals surface area (Å²) < 4.78 is 16.3. The molecule has 5 rings (SSSR count). The van der Waals surface area contributed by atoms with Crippen LogP contribution in [0.3, 0.4) is 0 Å². The number of amides is 1. The van der Waals surface area contributed by atoms with E-state index < -0.39 is 69.6 Å². The molecular formula is C32H42FN3O7. The fourth-order valence-electron chi connectivity index (χ4n) is 8.01. The third-order valence-corrected chi connectivity index (χ3v) is 10.4. The number of nitrogens with two attached hydrogens (primary N) is 1. The molecule has 0 unspecified atom stereocenters. The molecule has 43 heavy (non-hydrogen) atoms. The van der Waals surface area contributed by atoms with Crippen LogP contribution in [0.4, 0.5) is 4.39 Å². The molecule has 0 aliphatic heterocycles. The third kappa shape index (κ3) is 4.67. The number of likely N-dealkylation sites (N-methyl/N-ethyl adjacent to an activating group) is 1. The Morgan fingerprint density at radius 2 is 1.84 bits per heavy atom. The lowest BCUT2D eigenvalue weighted by Crippen LogP contribution is -2.65. The Hall–Kier alpha value is -3.28. The number of nitrogens with zero attached hydrogens (tertiary/aromatic N) is 2. The number of phenols is 1. The zero-order chi connectivity index (χ0) is 31.6. The van der Waals surface area contributed by atoms with Crippen molar-refractivity contribution < 1.29 is 39.2 Å². The van der Waals surface area contributed by atoms with Crippen LogP contribution in [0.25, 0.3) is 5.76 Å². The second-order valence-electron chi connectivity index (χ2n) is 13.1. The van der Waals surface area contributed by atoms with E-state index in [4.69, 9.17) is 5.73 Å². The quantitative estimate of drug-likeness (QED) is 0.269. The van der Waals surface area contributed by atoms with Gasteiger partial charge in [-0.3, -0.25) is 24.2 Å². The first kappa shape index (κ1) is 31.2. The molecule has 1 aromatic carbocycles. The number of aromatic hydroxyl groups is 1. The molecular weight excluding hydrogens is 557 g/mol. The van der Waals surface area contributed by atoms with Gasteiger partial charge in [0.05, 0.1) is 11.6 Å². The van der Waals surface area contributed by atoms with Crippen molar-refractivity contribution in [1.82, 2.24) is 9.80 Å². The van der Waals surface area contributed by atoms with Crippen LogP contribution in [-0.2, 0) is 27.3 Å². The molecule has 0 aromatic heterocycles. The Labute approximate surface area is 250 Å². The molecule has 0 saturated heterocycles. The van der Waals surface area contributed by atoms with Gasteiger partial charge in [0.1, 0.15) is 28.7 Å². The molecule has 234 valence electrons. The van der Waals surface area contributed by atoms with Gasteiger partial charge >= 0.3 is 0 Å². The van der Waals surface area contributed by atoms with Crippen LogP contribution in [0.15, 0.2) is 23.0 Å². The number of hydrogen-bond donors (Lipinski definition) is 5.